The lowest BCUT2D eigenvalue weighted by molar-refractivity contribution is -0.127. The molecular weight excluding hydrogens is 292 g/mol. The average molecular weight is 324 g/mol. The highest BCUT2D eigenvalue weighted by atomic mass is 16.3. The number of hydrogen-bond donors (Lipinski definition) is 3. The Kier molecular flexibility index (Phi) is 7.86. The van der Waals surface area contributed by atoms with Gasteiger partial charge in [0, 0.05) is 25.0 Å². The SMILES string of the molecule is O=C(CC1CCCCC1)NCC(=O)NC1CCCCCC1CO. The number of aliphatic hydroxyl groups excluding tert-OH is 1. The van der Waals surface area contributed by atoms with Gasteiger partial charge in [-0.25, -0.2) is 0 Å². The first-order valence-electron chi connectivity index (χ1n) is 9.36. The van der Waals surface area contributed by atoms with E-state index >= 15 is 0 Å². The number of rotatable bonds is 6. The summed E-state index contributed by atoms with van der Waals surface area (Å²) in [5.41, 5.74) is 0. The van der Waals surface area contributed by atoms with Crippen molar-refractivity contribution in [3.8, 4) is 0 Å². The second-order valence-electron chi connectivity index (χ2n) is 7.24. The third kappa shape index (κ3) is 6.50. The first-order chi connectivity index (χ1) is 11.2. The van der Waals surface area contributed by atoms with Crippen LogP contribution in [0.25, 0.3) is 0 Å². The lowest BCUT2D eigenvalue weighted by Gasteiger charge is -2.24. The van der Waals surface area contributed by atoms with E-state index in [9.17, 15) is 14.7 Å². The summed E-state index contributed by atoms with van der Waals surface area (Å²) in [6.07, 6.45) is 11.8. The molecule has 5 nitrogen and oxygen atoms in total. The Bertz CT molecular complexity index is 380. The molecule has 2 fully saturated rings. The minimum absolute atomic E-state index is 0.00776. The minimum Gasteiger partial charge on any atom is -0.396 e. The number of carbonyl (C=O) groups is 2. The largest absolute Gasteiger partial charge is 0.396 e. The summed E-state index contributed by atoms with van der Waals surface area (Å²) < 4.78 is 0. The molecule has 2 atom stereocenters. The van der Waals surface area contributed by atoms with Crippen LogP contribution in [-0.4, -0.2) is 36.1 Å². The van der Waals surface area contributed by atoms with Crippen LogP contribution in [-0.2, 0) is 9.59 Å². The summed E-state index contributed by atoms with van der Waals surface area (Å²) >= 11 is 0. The van der Waals surface area contributed by atoms with Crippen LogP contribution < -0.4 is 10.6 Å². The van der Waals surface area contributed by atoms with Gasteiger partial charge in [-0.3, -0.25) is 9.59 Å². The molecule has 2 aliphatic rings. The van der Waals surface area contributed by atoms with Crippen molar-refractivity contribution in [1.82, 2.24) is 10.6 Å². The van der Waals surface area contributed by atoms with E-state index in [4.69, 9.17) is 0 Å². The van der Waals surface area contributed by atoms with Gasteiger partial charge in [0.2, 0.25) is 11.8 Å². The molecular formula is C18H32N2O3. The normalized spacial score (nSPS) is 26.3. The molecule has 0 bridgehead atoms. The van der Waals surface area contributed by atoms with Crippen molar-refractivity contribution in [3.05, 3.63) is 0 Å². The number of hydrogen-bond acceptors (Lipinski definition) is 3. The molecule has 2 unspecified atom stereocenters. The second kappa shape index (κ2) is 9.91. The van der Waals surface area contributed by atoms with Gasteiger partial charge in [-0.05, 0) is 31.6 Å². The van der Waals surface area contributed by atoms with Gasteiger partial charge >= 0.3 is 0 Å². The third-order valence-electron chi connectivity index (χ3n) is 5.38. The van der Waals surface area contributed by atoms with Crippen molar-refractivity contribution in [2.24, 2.45) is 11.8 Å². The van der Waals surface area contributed by atoms with E-state index in [1.54, 1.807) is 0 Å². The zero-order chi connectivity index (χ0) is 16.5. The predicted molar refractivity (Wildman–Crippen MR) is 89.8 cm³/mol. The number of aliphatic hydroxyl groups is 1. The van der Waals surface area contributed by atoms with Gasteiger partial charge in [0.1, 0.15) is 0 Å². The van der Waals surface area contributed by atoms with Crippen molar-refractivity contribution in [2.45, 2.75) is 76.7 Å². The molecule has 0 aliphatic heterocycles. The summed E-state index contributed by atoms with van der Waals surface area (Å²) in [4.78, 5) is 24.0. The highest BCUT2D eigenvalue weighted by molar-refractivity contribution is 5.84. The summed E-state index contributed by atoms with van der Waals surface area (Å²) in [5, 5.41) is 15.2. The maximum Gasteiger partial charge on any atom is 0.239 e. The molecule has 0 heterocycles. The molecule has 0 spiro atoms. The Hall–Kier alpha value is -1.10. The summed E-state index contributed by atoms with van der Waals surface area (Å²) in [7, 11) is 0. The topological polar surface area (TPSA) is 78.4 Å². The summed E-state index contributed by atoms with van der Waals surface area (Å²) in [6, 6.07) is 0.0465. The quantitative estimate of drug-likeness (QED) is 0.655. The van der Waals surface area contributed by atoms with Crippen LogP contribution in [0.2, 0.25) is 0 Å². The molecule has 0 aromatic rings. The van der Waals surface area contributed by atoms with E-state index in [1.165, 1.54) is 25.7 Å². The molecule has 132 valence electrons. The molecule has 5 heteroatoms. The van der Waals surface area contributed by atoms with Crippen molar-refractivity contribution in [1.29, 1.82) is 0 Å². The highest BCUT2D eigenvalue weighted by Gasteiger charge is 2.24. The number of amides is 2. The maximum atomic E-state index is 12.1. The highest BCUT2D eigenvalue weighted by Crippen LogP contribution is 2.26. The lowest BCUT2D eigenvalue weighted by Crippen LogP contribution is -2.45. The Morgan fingerprint density at radius 1 is 0.870 bits per heavy atom. The molecule has 0 aromatic carbocycles. The van der Waals surface area contributed by atoms with Gasteiger partial charge in [-0.1, -0.05) is 38.5 Å². The van der Waals surface area contributed by atoms with Crippen molar-refractivity contribution in [2.75, 3.05) is 13.2 Å². The fraction of sp³-hybridized carbons (Fsp3) is 0.889. The average Bonchev–Trinajstić information content (AvgIpc) is 2.79. The molecule has 2 rings (SSSR count). The zero-order valence-electron chi connectivity index (χ0n) is 14.2. The Morgan fingerprint density at radius 2 is 1.52 bits per heavy atom. The van der Waals surface area contributed by atoms with Crippen LogP contribution in [0.5, 0.6) is 0 Å². The fourth-order valence-electron chi connectivity index (χ4n) is 3.96. The smallest absolute Gasteiger partial charge is 0.239 e. The van der Waals surface area contributed by atoms with Crippen LogP contribution in [0.4, 0.5) is 0 Å². The van der Waals surface area contributed by atoms with E-state index in [1.807, 2.05) is 0 Å². The van der Waals surface area contributed by atoms with E-state index in [0.29, 0.717) is 12.3 Å². The van der Waals surface area contributed by atoms with Gasteiger partial charge in [0.05, 0.1) is 6.54 Å². The van der Waals surface area contributed by atoms with Crippen LogP contribution in [0.3, 0.4) is 0 Å². The fourth-order valence-corrected chi connectivity index (χ4v) is 3.96. The number of carbonyl (C=O) groups excluding carboxylic acids is 2. The second-order valence-corrected chi connectivity index (χ2v) is 7.24. The standard InChI is InChI=1S/C18H32N2O3/c21-13-15-9-5-2-6-10-16(15)20-18(23)12-19-17(22)11-14-7-3-1-4-8-14/h14-16,21H,1-13H2,(H,19,22)(H,20,23). The van der Waals surface area contributed by atoms with Gasteiger partial charge in [-0.2, -0.15) is 0 Å². The zero-order valence-corrected chi connectivity index (χ0v) is 14.2. The van der Waals surface area contributed by atoms with E-state index in [0.717, 1.165) is 38.5 Å². The van der Waals surface area contributed by atoms with Gasteiger partial charge in [0.15, 0.2) is 0 Å². The van der Waals surface area contributed by atoms with Crippen molar-refractivity contribution in [3.63, 3.8) is 0 Å². The monoisotopic (exact) mass is 324 g/mol. The van der Waals surface area contributed by atoms with Crippen LogP contribution in [0.15, 0.2) is 0 Å². The number of nitrogens with one attached hydrogen (secondary N) is 2. The Labute approximate surface area is 139 Å². The molecule has 2 saturated carbocycles. The van der Waals surface area contributed by atoms with Gasteiger partial charge in [-0.15, -0.1) is 0 Å². The summed E-state index contributed by atoms with van der Waals surface area (Å²) in [6.45, 7) is 0.180. The van der Waals surface area contributed by atoms with Crippen molar-refractivity contribution >= 4 is 11.8 Å². The molecule has 0 radical (unpaired) electrons. The first kappa shape index (κ1) is 18.2. The lowest BCUT2D eigenvalue weighted by atomic mass is 9.87. The molecule has 0 saturated heterocycles. The predicted octanol–water partition coefficient (Wildman–Crippen LogP) is 2.13. The molecule has 23 heavy (non-hydrogen) atoms. The Balaban J connectivity index is 1.67. The van der Waals surface area contributed by atoms with E-state index in [2.05, 4.69) is 10.6 Å². The van der Waals surface area contributed by atoms with Crippen LogP contribution in [0.1, 0.15) is 70.6 Å². The van der Waals surface area contributed by atoms with Crippen molar-refractivity contribution < 1.29 is 14.7 Å². The first-order valence-corrected chi connectivity index (χ1v) is 9.36. The van der Waals surface area contributed by atoms with Gasteiger partial charge in [0.25, 0.3) is 0 Å². The Morgan fingerprint density at radius 3 is 2.22 bits per heavy atom. The minimum atomic E-state index is -0.132. The van der Waals surface area contributed by atoms with E-state index in [-0.39, 0.29) is 36.9 Å². The van der Waals surface area contributed by atoms with Crippen LogP contribution in [0, 0.1) is 11.8 Å². The van der Waals surface area contributed by atoms with Crippen LogP contribution >= 0.6 is 0 Å². The maximum absolute atomic E-state index is 12.1. The molecule has 2 amide bonds. The molecule has 3 N–H and O–H groups in total. The third-order valence-corrected chi connectivity index (χ3v) is 5.38. The summed E-state index contributed by atoms with van der Waals surface area (Å²) in [5.74, 6) is 0.505. The van der Waals surface area contributed by atoms with E-state index < -0.39 is 0 Å². The van der Waals surface area contributed by atoms with Gasteiger partial charge < -0.3 is 15.7 Å². The molecule has 0 aromatic heterocycles. The molecule has 2 aliphatic carbocycles.